The summed E-state index contributed by atoms with van der Waals surface area (Å²) in [5.74, 6) is 1.33. The van der Waals surface area contributed by atoms with Crippen molar-refractivity contribution in [2.45, 2.75) is 49.4 Å². The summed E-state index contributed by atoms with van der Waals surface area (Å²) in [6.45, 7) is 2.67. The van der Waals surface area contributed by atoms with E-state index in [-0.39, 0.29) is 11.2 Å². The number of nitrogens with zero attached hydrogens (tertiary/aromatic N) is 4. The molecule has 0 saturated heterocycles. The average molecular weight is 456 g/mol. The first-order valence-corrected chi connectivity index (χ1v) is 11.9. The number of benzene rings is 1. The maximum Gasteiger partial charge on any atom is 0.233 e. The number of nitrogens with one attached hydrogen (secondary N) is 1. The Labute approximate surface area is 191 Å². The van der Waals surface area contributed by atoms with Gasteiger partial charge in [0.25, 0.3) is 0 Å². The normalized spacial score (nSPS) is 15.5. The average Bonchev–Trinajstić information content (AvgIpc) is 3.22. The van der Waals surface area contributed by atoms with Crippen LogP contribution >= 0.6 is 23.4 Å². The zero-order valence-corrected chi connectivity index (χ0v) is 19.1. The Balaban J connectivity index is 1.54. The molecule has 1 fully saturated rings. The van der Waals surface area contributed by atoms with Crippen LogP contribution in [0.1, 0.15) is 39.0 Å². The Morgan fingerprint density at radius 2 is 1.84 bits per heavy atom. The van der Waals surface area contributed by atoms with Gasteiger partial charge in [0.05, 0.1) is 5.25 Å². The third kappa shape index (κ3) is 5.46. The summed E-state index contributed by atoms with van der Waals surface area (Å²) in [5, 5.41) is 13.0. The maximum atomic E-state index is 12.7. The molecule has 1 N–H and O–H groups in total. The largest absolute Gasteiger partial charge is 0.355 e. The number of hydrogen-bond donors (Lipinski definition) is 1. The number of carbonyl (C=O) groups is 1. The first-order chi connectivity index (χ1) is 15.1. The van der Waals surface area contributed by atoms with Crippen molar-refractivity contribution >= 4 is 29.3 Å². The Bertz CT molecular complexity index is 1000. The van der Waals surface area contributed by atoms with E-state index < -0.39 is 0 Å². The Morgan fingerprint density at radius 3 is 2.55 bits per heavy atom. The second kappa shape index (κ2) is 10.3. The van der Waals surface area contributed by atoms with Gasteiger partial charge in [0.1, 0.15) is 0 Å². The second-order valence-electron chi connectivity index (χ2n) is 7.86. The number of aromatic nitrogens is 4. The molecule has 2 heterocycles. The SMILES string of the molecule is CC(Sc1nnc(-c2ccncc2)n1-c1ccc(Cl)cc1)C(=O)NCC1CCCCC1. The third-order valence-electron chi connectivity index (χ3n) is 5.60. The Kier molecular flexibility index (Phi) is 7.25. The van der Waals surface area contributed by atoms with E-state index in [2.05, 4.69) is 20.5 Å². The van der Waals surface area contributed by atoms with Gasteiger partial charge in [0.15, 0.2) is 11.0 Å². The van der Waals surface area contributed by atoms with Gasteiger partial charge in [-0.3, -0.25) is 14.3 Å². The molecular formula is C23H26ClN5OS. The van der Waals surface area contributed by atoms with E-state index in [1.807, 2.05) is 47.9 Å². The van der Waals surface area contributed by atoms with E-state index >= 15 is 0 Å². The van der Waals surface area contributed by atoms with E-state index in [9.17, 15) is 4.79 Å². The van der Waals surface area contributed by atoms with Gasteiger partial charge < -0.3 is 5.32 Å². The smallest absolute Gasteiger partial charge is 0.233 e. The molecule has 1 aromatic carbocycles. The minimum Gasteiger partial charge on any atom is -0.355 e. The van der Waals surface area contributed by atoms with E-state index in [1.54, 1.807) is 12.4 Å². The van der Waals surface area contributed by atoms with Gasteiger partial charge in [0, 0.05) is 35.2 Å². The minimum atomic E-state index is -0.288. The van der Waals surface area contributed by atoms with Gasteiger partial charge in [-0.1, -0.05) is 42.6 Å². The van der Waals surface area contributed by atoms with Crippen LogP contribution in [0.2, 0.25) is 5.02 Å². The van der Waals surface area contributed by atoms with Crippen molar-refractivity contribution in [2.24, 2.45) is 5.92 Å². The van der Waals surface area contributed by atoms with Crippen molar-refractivity contribution in [1.29, 1.82) is 0 Å². The first-order valence-electron chi connectivity index (χ1n) is 10.7. The Morgan fingerprint density at radius 1 is 1.13 bits per heavy atom. The Hall–Kier alpha value is -2.38. The summed E-state index contributed by atoms with van der Waals surface area (Å²) in [6.07, 6.45) is 9.73. The molecule has 0 aliphatic heterocycles. The van der Waals surface area contributed by atoms with Crippen LogP contribution in [0.3, 0.4) is 0 Å². The molecule has 3 aromatic rings. The fourth-order valence-electron chi connectivity index (χ4n) is 3.85. The number of hydrogen-bond acceptors (Lipinski definition) is 5. The molecular weight excluding hydrogens is 430 g/mol. The lowest BCUT2D eigenvalue weighted by Gasteiger charge is -2.22. The molecule has 1 unspecified atom stereocenters. The topological polar surface area (TPSA) is 72.7 Å². The van der Waals surface area contributed by atoms with E-state index in [4.69, 9.17) is 11.6 Å². The number of amides is 1. The highest BCUT2D eigenvalue weighted by Crippen LogP contribution is 2.30. The molecule has 0 radical (unpaired) electrons. The summed E-state index contributed by atoms with van der Waals surface area (Å²) < 4.78 is 1.96. The van der Waals surface area contributed by atoms with Crippen molar-refractivity contribution < 1.29 is 4.79 Å². The maximum absolute atomic E-state index is 12.7. The third-order valence-corrected chi connectivity index (χ3v) is 6.89. The van der Waals surface area contributed by atoms with Crippen LogP contribution < -0.4 is 5.32 Å². The first kappa shape index (κ1) is 21.8. The van der Waals surface area contributed by atoms with Crippen molar-refractivity contribution in [3.05, 3.63) is 53.8 Å². The fourth-order valence-corrected chi connectivity index (χ4v) is 4.87. The summed E-state index contributed by atoms with van der Waals surface area (Å²) in [4.78, 5) is 16.8. The van der Waals surface area contributed by atoms with Gasteiger partial charge in [-0.2, -0.15) is 0 Å². The van der Waals surface area contributed by atoms with Crippen LogP contribution in [0.4, 0.5) is 0 Å². The zero-order chi connectivity index (χ0) is 21.6. The molecule has 2 aromatic heterocycles. The monoisotopic (exact) mass is 455 g/mol. The van der Waals surface area contributed by atoms with Crippen molar-refractivity contribution in [1.82, 2.24) is 25.1 Å². The number of halogens is 1. The lowest BCUT2D eigenvalue weighted by Crippen LogP contribution is -2.35. The predicted molar refractivity (Wildman–Crippen MR) is 125 cm³/mol. The van der Waals surface area contributed by atoms with E-state index in [0.29, 0.717) is 21.9 Å². The minimum absolute atomic E-state index is 0.0340. The molecule has 1 aliphatic rings. The number of carbonyl (C=O) groups excluding carboxylic acids is 1. The summed E-state index contributed by atoms with van der Waals surface area (Å²) in [7, 11) is 0. The highest BCUT2D eigenvalue weighted by Gasteiger charge is 2.23. The zero-order valence-electron chi connectivity index (χ0n) is 17.5. The second-order valence-corrected chi connectivity index (χ2v) is 9.61. The number of pyridine rings is 1. The highest BCUT2D eigenvalue weighted by molar-refractivity contribution is 8.00. The summed E-state index contributed by atoms with van der Waals surface area (Å²) in [6, 6.07) is 11.3. The molecule has 1 amide bonds. The molecule has 31 heavy (non-hydrogen) atoms. The molecule has 162 valence electrons. The molecule has 0 bridgehead atoms. The van der Waals surface area contributed by atoms with Crippen molar-refractivity contribution in [3.63, 3.8) is 0 Å². The molecule has 0 spiro atoms. The molecule has 1 aliphatic carbocycles. The van der Waals surface area contributed by atoms with Crippen molar-refractivity contribution in [3.8, 4) is 17.1 Å². The standard InChI is InChI=1S/C23H26ClN5OS/c1-16(22(30)26-15-17-5-3-2-4-6-17)31-23-28-27-21(18-11-13-25-14-12-18)29(23)20-9-7-19(24)8-10-20/h7-14,16-17H,2-6,15H2,1H3,(H,26,30). The lowest BCUT2D eigenvalue weighted by atomic mass is 9.89. The predicted octanol–water partition coefficient (Wildman–Crippen LogP) is 5.16. The summed E-state index contributed by atoms with van der Waals surface area (Å²) in [5.41, 5.74) is 1.79. The van der Waals surface area contributed by atoms with Gasteiger partial charge in [0.2, 0.25) is 5.91 Å². The number of thioether (sulfide) groups is 1. The molecule has 6 nitrogen and oxygen atoms in total. The highest BCUT2D eigenvalue weighted by atomic mass is 35.5. The van der Waals surface area contributed by atoms with Crippen LogP contribution in [0, 0.1) is 5.92 Å². The van der Waals surface area contributed by atoms with Crippen molar-refractivity contribution in [2.75, 3.05) is 6.54 Å². The van der Waals surface area contributed by atoms with Crippen LogP contribution in [-0.4, -0.2) is 37.5 Å². The van der Waals surface area contributed by atoms with Gasteiger partial charge in [-0.05, 0) is 62.1 Å². The van der Waals surface area contributed by atoms with Gasteiger partial charge >= 0.3 is 0 Å². The molecule has 4 rings (SSSR count). The van der Waals surface area contributed by atoms with E-state index in [1.165, 1.54) is 43.9 Å². The lowest BCUT2D eigenvalue weighted by molar-refractivity contribution is -0.120. The van der Waals surface area contributed by atoms with Gasteiger partial charge in [-0.25, -0.2) is 0 Å². The fraction of sp³-hybridized carbons (Fsp3) is 0.391. The van der Waals surface area contributed by atoms with Gasteiger partial charge in [-0.15, -0.1) is 10.2 Å². The van der Waals surface area contributed by atoms with Crippen LogP contribution in [-0.2, 0) is 4.79 Å². The van der Waals surface area contributed by atoms with E-state index in [0.717, 1.165) is 17.8 Å². The van der Waals surface area contributed by atoms with Crippen LogP contribution in [0.5, 0.6) is 0 Å². The van der Waals surface area contributed by atoms with Crippen LogP contribution in [0.25, 0.3) is 17.1 Å². The quantitative estimate of drug-likeness (QED) is 0.498. The van der Waals surface area contributed by atoms with Crippen LogP contribution in [0.15, 0.2) is 53.9 Å². The number of rotatable bonds is 7. The molecule has 8 heteroatoms. The molecule has 1 atom stereocenters. The molecule has 1 saturated carbocycles. The summed E-state index contributed by atoms with van der Waals surface area (Å²) >= 11 is 7.50.